The summed E-state index contributed by atoms with van der Waals surface area (Å²) in [7, 11) is -4.32. The number of pyridine rings is 1. The summed E-state index contributed by atoms with van der Waals surface area (Å²) in [5.41, 5.74) is 5.34. The zero-order valence-electron chi connectivity index (χ0n) is 16.8. The highest BCUT2D eigenvalue weighted by molar-refractivity contribution is 7.89. The van der Waals surface area contributed by atoms with E-state index in [1.54, 1.807) is 6.07 Å². The summed E-state index contributed by atoms with van der Waals surface area (Å²) in [4.78, 5) is 41.3. The molecule has 1 saturated heterocycles. The number of hydrogen-bond acceptors (Lipinski definition) is 7. The number of hydrogen-bond donors (Lipinski definition) is 2. The van der Waals surface area contributed by atoms with E-state index >= 15 is 0 Å². The Morgan fingerprint density at radius 1 is 1.17 bits per heavy atom. The topological polar surface area (TPSA) is 140 Å². The third-order valence-corrected chi connectivity index (χ3v) is 7.64. The Morgan fingerprint density at radius 3 is 2.53 bits per heavy atom. The summed E-state index contributed by atoms with van der Waals surface area (Å²) in [6.07, 6.45) is 6.47. The lowest BCUT2D eigenvalue weighted by atomic mass is 10.0. The maximum atomic E-state index is 13.3. The van der Waals surface area contributed by atoms with E-state index in [1.807, 2.05) is 0 Å². The van der Waals surface area contributed by atoms with Crippen molar-refractivity contribution in [2.24, 2.45) is 11.7 Å². The number of nitrogens with two attached hydrogens (primary N) is 1. The maximum absolute atomic E-state index is 13.3. The maximum Gasteiger partial charge on any atom is 0.284 e. The minimum Gasteiger partial charge on any atom is -0.368 e. The zero-order valence-corrected chi connectivity index (χ0v) is 17.6. The molecule has 0 spiro atoms. The van der Waals surface area contributed by atoms with Crippen LogP contribution >= 0.6 is 0 Å². The second-order valence-electron chi connectivity index (χ2n) is 7.95. The Labute approximate surface area is 176 Å². The molecule has 30 heavy (non-hydrogen) atoms. The summed E-state index contributed by atoms with van der Waals surface area (Å²) in [6.45, 7) is -0.234. The van der Waals surface area contributed by atoms with Crippen molar-refractivity contribution in [3.8, 4) is 0 Å². The molecule has 2 amide bonds. The summed E-state index contributed by atoms with van der Waals surface area (Å²) in [6, 6.07) is 2.46. The molecule has 2 aliphatic rings. The fourth-order valence-electron chi connectivity index (χ4n) is 4.23. The molecule has 0 aromatic carbocycles. The van der Waals surface area contributed by atoms with Crippen LogP contribution < -0.4 is 11.1 Å². The van der Waals surface area contributed by atoms with Gasteiger partial charge in [-0.2, -0.15) is 8.42 Å². The van der Waals surface area contributed by atoms with Gasteiger partial charge in [0, 0.05) is 12.6 Å². The van der Waals surface area contributed by atoms with Crippen LogP contribution in [0, 0.1) is 5.92 Å². The van der Waals surface area contributed by atoms with Crippen molar-refractivity contribution in [3.05, 3.63) is 24.4 Å². The Morgan fingerprint density at radius 2 is 1.90 bits per heavy atom. The van der Waals surface area contributed by atoms with Crippen LogP contribution in [0.2, 0.25) is 0 Å². The van der Waals surface area contributed by atoms with E-state index in [-0.39, 0.29) is 30.8 Å². The second kappa shape index (κ2) is 9.65. The average Bonchev–Trinajstić information content (AvgIpc) is 3.17. The molecule has 9 nitrogen and oxygen atoms in total. The number of sulfonamides is 1. The lowest BCUT2D eigenvalue weighted by Gasteiger charge is -2.29. The van der Waals surface area contributed by atoms with E-state index in [0.717, 1.165) is 25.7 Å². The van der Waals surface area contributed by atoms with Crippen molar-refractivity contribution in [2.75, 3.05) is 6.54 Å². The first-order chi connectivity index (χ1) is 14.3. The van der Waals surface area contributed by atoms with Gasteiger partial charge in [-0.05, 0) is 37.3 Å². The monoisotopic (exact) mass is 436 g/mol. The Balaban J connectivity index is 1.89. The Kier molecular flexibility index (Phi) is 7.19. The number of amides is 2. The van der Waals surface area contributed by atoms with Gasteiger partial charge in [0.1, 0.15) is 6.04 Å². The highest BCUT2D eigenvalue weighted by Crippen LogP contribution is 2.30. The molecule has 0 unspecified atom stereocenters. The smallest absolute Gasteiger partial charge is 0.284 e. The van der Waals surface area contributed by atoms with Gasteiger partial charge in [0.15, 0.2) is 10.8 Å². The number of carbonyl (C=O) groups excluding carboxylic acids is 3. The number of aromatic nitrogens is 1. The van der Waals surface area contributed by atoms with Crippen molar-refractivity contribution in [3.63, 3.8) is 0 Å². The van der Waals surface area contributed by atoms with E-state index < -0.39 is 39.7 Å². The average molecular weight is 437 g/mol. The van der Waals surface area contributed by atoms with Gasteiger partial charge in [0.25, 0.3) is 10.0 Å². The first-order valence-corrected chi connectivity index (χ1v) is 11.8. The van der Waals surface area contributed by atoms with Gasteiger partial charge >= 0.3 is 0 Å². The third kappa shape index (κ3) is 5.04. The Hall–Kier alpha value is -2.33. The first kappa shape index (κ1) is 22.4. The molecular formula is C20H28N4O5S. The summed E-state index contributed by atoms with van der Waals surface area (Å²) < 4.78 is 27.3. The summed E-state index contributed by atoms with van der Waals surface area (Å²) >= 11 is 0. The molecule has 0 bridgehead atoms. The quantitative estimate of drug-likeness (QED) is 0.642. The van der Waals surface area contributed by atoms with Gasteiger partial charge in [-0.1, -0.05) is 31.7 Å². The summed E-state index contributed by atoms with van der Waals surface area (Å²) in [5, 5.41) is 2.47. The Bertz CT molecular complexity index is 884. The van der Waals surface area contributed by atoms with Crippen LogP contribution in [-0.4, -0.2) is 53.9 Å². The molecular weight excluding hydrogens is 408 g/mol. The largest absolute Gasteiger partial charge is 0.368 e. The van der Waals surface area contributed by atoms with Gasteiger partial charge in [-0.25, -0.2) is 9.29 Å². The highest BCUT2D eigenvalue weighted by Gasteiger charge is 2.41. The number of primary amides is 1. The van der Waals surface area contributed by atoms with Gasteiger partial charge in [0.05, 0.1) is 12.6 Å². The van der Waals surface area contributed by atoms with Gasteiger partial charge in [-0.3, -0.25) is 19.7 Å². The highest BCUT2D eigenvalue weighted by atomic mass is 32.2. The first-order valence-electron chi connectivity index (χ1n) is 10.3. The van der Waals surface area contributed by atoms with Crippen LogP contribution in [0.1, 0.15) is 51.4 Å². The van der Waals surface area contributed by atoms with E-state index in [1.165, 1.54) is 18.3 Å². The lowest BCUT2D eigenvalue weighted by Crippen LogP contribution is -2.50. The van der Waals surface area contributed by atoms with Crippen molar-refractivity contribution in [1.82, 2.24) is 14.6 Å². The SMILES string of the molecule is NC(=O)[C@H]1CC[C@H](N(C(=O)CCC2CCCC2)S(=O)(=O)c2ccccn2)C(=O)CN1. The van der Waals surface area contributed by atoms with Crippen LogP contribution in [0.3, 0.4) is 0 Å². The van der Waals surface area contributed by atoms with Crippen molar-refractivity contribution < 1.29 is 22.8 Å². The van der Waals surface area contributed by atoms with Crippen molar-refractivity contribution in [1.29, 1.82) is 0 Å². The van der Waals surface area contributed by atoms with Crippen LogP contribution in [0.5, 0.6) is 0 Å². The van der Waals surface area contributed by atoms with E-state index in [0.29, 0.717) is 16.6 Å². The molecule has 1 aromatic rings. The predicted molar refractivity (Wildman–Crippen MR) is 108 cm³/mol. The van der Waals surface area contributed by atoms with E-state index in [9.17, 15) is 22.8 Å². The fourth-order valence-corrected chi connectivity index (χ4v) is 5.80. The van der Waals surface area contributed by atoms with E-state index in [4.69, 9.17) is 5.73 Å². The van der Waals surface area contributed by atoms with E-state index in [2.05, 4.69) is 10.3 Å². The molecule has 3 rings (SSSR count). The van der Waals surface area contributed by atoms with Gasteiger partial charge in [0.2, 0.25) is 11.8 Å². The van der Waals surface area contributed by atoms with Crippen LogP contribution in [-0.2, 0) is 24.4 Å². The van der Waals surface area contributed by atoms with Crippen molar-refractivity contribution >= 4 is 27.6 Å². The molecule has 2 atom stereocenters. The molecule has 3 N–H and O–H groups in total. The summed E-state index contributed by atoms with van der Waals surface area (Å²) in [5.74, 6) is -1.29. The number of carbonyl (C=O) groups is 3. The number of nitrogens with one attached hydrogen (secondary N) is 1. The standard InChI is InChI=1S/C20H28N4O5S/c21-20(27)15-9-10-16(17(25)13-23-15)24(19(26)11-8-14-5-1-2-6-14)30(28,29)18-7-3-4-12-22-18/h3-4,7,12,14-16,23H,1-2,5-6,8-11,13H2,(H2,21,27)/t15-,16+/m1/s1. The molecule has 1 aromatic heterocycles. The van der Waals surface area contributed by atoms with Crippen molar-refractivity contribution in [2.45, 2.75) is 68.5 Å². The minimum absolute atomic E-state index is 0.0284. The van der Waals surface area contributed by atoms with Gasteiger partial charge < -0.3 is 5.73 Å². The fraction of sp³-hybridized carbons (Fsp3) is 0.600. The molecule has 2 fully saturated rings. The molecule has 2 heterocycles. The predicted octanol–water partition coefficient (Wildman–Crippen LogP) is 0.744. The lowest BCUT2D eigenvalue weighted by molar-refractivity contribution is -0.134. The third-order valence-electron chi connectivity index (χ3n) is 5.90. The molecule has 0 radical (unpaired) electrons. The second-order valence-corrected chi connectivity index (χ2v) is 9.71. The molecule has 164 valence electrons. The number of Topliss-reactive ketones (excluding diaryl/α,β-unsaturated/α-hetero) is 1. The molecule has 1 aliphatic heterocycles. The minimum atomic E-state index is -4.32. The van der Waals surface area contributed by atoms with Crippen LogP contribution in [0.15, 0.2) is 29.4 Å². The van der Waals surface area contributed by atoms with Crippen LogP contribution in [0.4, 0.5) is 0 Å². The number of ketones is 1. The zero-order chi connectivity index (χ0) is 21.7. The number of rotatable bonds is 7. The number of nitrogens with zero attached hydrogens (tertiary/aromatic N) is 2. The molecule has 1 saturated carbocycles. The molecule has 1 aliphatic carbocycles. The molecule has 10 heteroatoms. The van der Waals surface area contributed by atoms with Crippen LogP contribution in [0.25, 0.3) is 0 Å². The van der Waals surface area contributed by atoms with Gasteiger partial charge in [-0.15, -0.1) is 0 Å². The normalized spacial score (nSPS) is 23.1.